The Morgan fingerprint density at radius 3 is 2.26 bits per heavy atom. The van der Waals surface area contributed by atoms with E-state index < -0.39 is 28.2 Å². The van der Waals surface area contributed by atoms with E-state index in [1.807, 2.05) is 0 Å². The van der Waals surface area contributed by atoms with Crippen LogP contribution < -0.4 is 9.22 Å². The summed E-state index contributed by atoms with van der Waals surface area (Å²) in [6.07, 6.45) is 1.44. The fourth-order valence-corrected chi connectivity index (χ4v) is 3.35. The number of carbonyl (C=O) groups excluding carboxylic acids is 2. The van der Waals surface area contributed by atoms with Gasteiger partial charge in [-0.25, -0.2) is 14.6 Å². The average molecular weight is 467 g/mol. The number of hydrogen-bond donors (Lipinski definition) is 1. The number of aliphatic imine (C=N–C) groups is 1. The first-order valence-corrected chi connectivity index (χ1v) is 10.7. The van der Waals surface area contributed by atoms with Crippen LogP contribution in [-0.4, -0.2) is 53.2 Å². The van der Waals surface area contributed by atoms with Crippen LogP contribution in [0.1, 0.15) is 37.6 Å². The number of hydrogen-bond acceptors (Lipinski definition) is 6. The summed E-state index contributed by atoms with van der Waals surface area (Å²) in [5.41, 5.74) is 0.177. The predicted molar refractivity (Wildman–Crippen MR) is 128 cm³/mol. The molecule has 3 rings (SSSR count). The van der Waals surface area contributed by atoms with Crippen LogP contribution in [0.4, 0.5) is 15.3 Å². The van der Waals surface area contributed by atoms with Crippen molar-refractivity contribution in [3.8, 4) is 5.75 Å². The fourth-order valence-electron chi connectivity index (χ4n) is 3.35. The molecular formula is C25H28N3O6+. The molecule has 2 aromatic rings. The maximum atomic E-state index is 12.4. The van der Waals surface area contributed by atoms with Gasteiger partial charge in [0.2, 0.25) is 5.84 Å². The highest BCUT2D eigenvalue weighted by Gasteiger charge is 2.46. The Bertz CT molecular complexity index is 1120. The van der Waals surface area contributed by atoms with E-state index in [-0.39, 0.29) is 18.7 Å². The molecule has 0 aliphatic carbocycles. The van der Waals surface area contributed by atoms with E-state index in [1.165, 1.54) is 29.4 Å². The maximum absolute atomic E-state index is 12.4. The van der Waals surface area contributed by atoms with E-state index in [4.69, 9.17) is 9.47 Å². The van der Waals surface area contributed by atoms with Gasteiger partial charge < -0.3 is 19.5 Å². The predicted octanol–water partition coefficient (Wildman–Crippen LogP) is 5.03. The summed E-state index contributed by atoms with van der Waals surface area (Å²) in [6.45, 7) is 5.54. The first-order valence-electron chi connectivity index (χ1n) is 10.7. The topological polar surface area (TPSA) is 106 Å². The van der Waals surface area contributed by atoms with Crippen molar-refractivity contribution in [3.63, 3.8) is 0 Å². The monoisotopic (exact) mass is 466 g/mol. The minimum Gasteiger partial charge on any atom is -0.444 e. The Kier molecular flexibility index (Phi) is 7.17. The van der Waals surface area contributed by atoms with Gasteiger partial charge in [0.25, 0.3) is 0 Å². The first kappa shape index (κ1) is 24.7. The van der Waals surface area contributed by atoms with Crippen molar-refractivity contribution in [3.05, 3.63) is 72.6 Å². The third-order valence-electron chi connectivity index (χ3n) is 5.06. The van der Waals surface area contributed by atoms with Crippen LogP contribution in [0.2, 0.25) is 0 Å². The first-order chi connectivity index (χ1) is 16.0. The molecule has 1 unspecified atom stereocenters. The molecule has 1 N–H and O–H groups in total. The third-order valence-corrected chi connectivity index (χ3v) is 5.06. The lowest BCUT2D eigenvalue weighted by atomic mass is 10.2. The summed E-state index contributed by atoms with van der Waals surface area (Å²) in [5, 5.41) is 10.1. The largest absolute Gasteiger partial charge is 0.529 e. The van der Waals surface area contributed by atoms with Gasteiger partial charge in [0.05, 0.1) is 18.2 Å². The Balaban J connectivity index is 1.74. The van der Waals surface area contributed by atoms with Crippen molar-refractivity contribution in [1.29, 1.82) is 0 Å². The number of carbonyl (C=O) groups is 3. The molecule has 34 heavy (non-hydrogen) atoms. The Labute approximate surface area is 198 Å². The molecular weight excluding hydrogens is 438 g/mol. The average Bonchev–Trinajstić information content (AvgIpc) is 3.22. The third kappa shape index (κ3) is 5.49. The summed E-state index contributed by atoms with van der Waals surface area (Å²) in [4.78, 5) is 42.6. The van der Waals surface area contributed by atoms with Gasteiger partial charge in [0.1, 0.15) is 17.6 Å². The number of rotatable bonds is 6. The standard InChI is InChI=1S/C25H27N3O6/c1-25(2,3)34-23(30)27(4)16-14-21-26-15-17-28(21,24(31)32)19-10-12-20(13-11-19)33-22(29)18-8-6-5-7-9-18/h5-13,15,17H,14,16H2,1-4H3/p+1. The Morgan fingerprint density at radius 2 is 1.68 bits per heavy atom. The van der Waals surface area contributed by atoms with Crippen LogP contribution in [-0.2, 0) is 4.74 Å². The number of carboxylic acid groups (broad SMARTS) is 1. The molecule has 0 radical (unpaired) electrons. The smallest absolute Gasteiger partial charge is 0.444 e. The van der Waals surface area contributed by atoms with Gasteiger partial charge in [-0.1, -0.05) is 18.2 Å². The number of amidine groups is 1. The molecule has 9 nitrogen and oxygen atoms in total. The van der Waals surface area contributed by atoms with Crippen molar-refractivity contribution >= 4 is 29.7 Å². The lowest BCUT2D eigenvalue weighted by Crippen LogP contribution is -2.52. The van der Waals surface area contributed by atoms with E-state index in [9.17, 15) is 19.5 Å². The summed E-state index contributed by atoms with van der Waals surface area (Å²) in [7, 11) is 1.59. The molecule has 0 spiro atoms. The zero-order valence-electron chi connectivity index (χ0n) is 19.6. The molecule has 9 heteroatoms. The minimum absolute atomic E-state index is 0.208. The Morgan fingerprint density at radius 1 is 1.03 bits per heavy atom. The highest BCUT2D eigenvalue weighted by molar-refractivity contribution is 6.11. The molecule has 0 fully saturated rings. The second kappa shape index (κ2) is 9.88. The number of ether oxygens (including phenoxy) is 2. The number of amides is 2. The van der Waals surface area contributed by atoms with Crippen molar-refractivity contribution < 1.29 is 29.0 Å². The lowest BCUT2D eigenvalue weighted by molar-refractivity contribution is 0.0302. The van der Waals surface area contributed by atoms with E-state index in [1.54, 1.807) is 70.3 Å². The number of nitrogens with zero attached hydrogens (tertiary/aromatic N) is 3. The van der Waals surface area contributed by atoms with Crippen LogP contribution in [0.3, 0.4) is 0 Å². The highest BCUT2D eigenvalue weighted by Crippen LogP contribution is 2.32. The molecule has 178 valence electrons. The summed E-state index contributed by atoms with van der Waals surface area (Å²) in [5.74, 6) is 0.105. The molecule has 2 aromatic carbocycles. The van der Waals surface area contributed by atoms with Crippen molar-refractivity contribution in [2.75, 3.05) is 13.6 Å². The van der Waals surface area contributed by atoms with Crippen LogP contribution >= 0.6 is 0 Å². The highest BCUT2D eigenvalue weighted by atomic mass is 16.6. The zero-order valence-corrected chi connectivity index (χ0v) is 19.6. The SMILES string of the molecule is CN(CCC1=NC=C[N+]1(C(=O)O)c1ccc(OC(=O)c2ccccc2)cc1)C(=O)OC(C)(C)C. The maximum Gasteiger partial charge on any atom is 0.529 e. The van der Waals surface area contributed by atoms with Gasteiger partial charge in [-0.15, -0.1) is 4.48 Å². The van der Waals surface area contributed by atoms with E-state index in [2.05, 4.69) is 4.99 Å². The lowest BCUT2D eigenvalue weighted by Gasteiger charge is -2.28. The van der Waals surface area contributed by atoms with Crippen LogP contribution in [0.5, 0.6) is 5.75 Å². The minimum atomic E-state index is -1.15. The van der Waals surface area contributed by atoms with Crippen molar-refractivity contribution in [2.45, 2.75) is 32.8 Å². The molecule has 0 bridgehead atoms. The van der Waals surface area contributed by atoms with Crippen molar-refractivity contribution in [1.82, 2.24) is 9.38 Å². The van der Waals surface area contributed by atoms with Gasteiger partial charge in [-0.2, -0.15) is 4.79 Å². The normalized spacial score (nSPS) is 17.1. The quantitative estimate of drug-likeness (QED) is 0.364. The van der Waals surface area contributed by atoms with Crippen molar-refractivity contribution in [2.24, 2.45) is 4.99 Å². The van der Waals surface area contributed by atoms with Gasteiger partial charge in [-0.3, -0.25) is 0 Å². The van der Waals surface area contributed by atoms with E-state index in [0.717, 1.165) is 0 Å². The molecule has 1 aliphatic rings. The molecule has 0 saturated carbocycles. The molecule has 0 aromatic heterocycles. The van der Waals surface area contributed by atoms with Gasteiger partial charge in [0, 0.05) is 25.7 Å². The molecule has 1 aliphatic heterocycles. The second-order valence-electron chi connectivity index (χ2n) is 8.75. The van der Waals surface area contributed by atoms with E-state index in [0.29, 0.717) is 17.1 Å². The van der Waals surface area contributed by atoms with Gasteiger partial charge in [-0.05, 0) is 45.0 Å². The molecule has 1 atom stereocenters. The van der Waals surface area contributed by atoms with E-state index >= 15 is 0 Å². The summed E-state index contributed by atoms with van der Waals surface area (Å²) in [6, 6.07) is 14.8. The number of quaternary nitrogens is 1. The zero-order chi connectivity index (χ0) is 24.9. The number of esters is 1. The second-order valence-corrected chi connectivity index (χ2v) is 8.75. The number of benzene rings is 2. The summed E-state index contributed by atoms with van der Waals surface area (Å²) < 4.78 is 10.1. The van der Waals surface area contributed by atoms with Crippen LogP contribution in [0.25, 0.3) is 0 Å². The molecule has 1 heterocycles. The fraction of sp³-hybridized carbons (Fsp3) is 0.280. The van der Waals surface area contributed by atoms with Gasteiger partial charge in [0.15, 0.2) is 5.69 Å². The molecule has 2 amide bonds. The molecule has 0 saturated heterocycles. The summed E-state index contributed by atoms with van der Waals surface area (Å²) >= 11 is 0. The van der Waals surface area contributed by atoms with Crippen LogP contribution in [0, 0.1) is 0 Å². The van der Waals surface area contributed by atoms with Crippen LogP contribution in [0.15, 0.2) is 72.0 Å². The van der Waals surface area contributed by atoms with Gasteiger partial charge >= 0.3 is 18.2 Å². The Hall–Kier alpha value is -3.98.